The number of fused-ring (bicyclic) bond motifs is 1. The molecule has 0 fully saturated rings. The summed E-state index contributed by atoms with van der Waals surface area (Å²) < 4.78 is 1.90. The van der Waals surface area contributed by atoms with Gasteiger partial charge in [-0.15, -0.1) is 0 Å². The predicted molar refractivity (Wildman–Crippen MR) is 73.1 cm³/mol. The maximum absolute atomic E-state index is 9.18. The molecule has 2 aromatic rings. The van der Waals surface area contributed by atoms with Crippen LogP contribution >= 0.6 is 0 Å². The topological polar surface area (TPSA) is 63.0 Å². The van der Waals surface area contributed by atoms with Gasteiger partial charge in [0.05, 0.1) is 6.04 Å². The molecular formula is C14H18N4O. The number of nitrogens with one attached hydrogen (secondary N) is 1. The van der Waals surface area contributed by atoms with Crippen molar-refractivity contribution in [2.24, 2.45) is 0 Å². The number of aromatic nitrogens is 3. The van der Waals surface area contributed by atoms with Gasteiger partial charge in [-0.3, -0.25) is 0 Å². The Balaban J connectivity index is 2.07. The minimum absolute atomic E-state index is 0.124. The number of hydrogen-bond acceptors (Lipinski definition) is 4. The van der Waals surface area contributed by atoms with Crippen LogP contribution in [0.5, 0.6) is 0 Å². The third-order valence-corrected chi connectivity index (χ3v) is 3.61. The zero-order valence-electron chi connectivity index (χ0n) is 11.2. The molecule has 1 unspecified atom stereocenters. The molecule has 0 bridgehead atoms. The minimum atomic E-state index is -0.124. The van der Waals surface area contributed by atoms with Crippen molar-refractivity contribution in [2.45, 2.75) is 32.9 Å². The summed E-state index contributed by atoms with van der Waals surface area (Å²) in [7, 11) is 0. The lowest BCUT2D eigenvalue weighted by Gasteiger charge is -2.26. The average Bonchev–Trinajstić information content (AvgIpc) is 2.84. The number of aryl methyl sites for hydroxylation is 2. The SMILES string of the molecule is Cc1ccc(C)c(C2CCNc3nc(CO)nn32)c1. The molecule has 1 aliphatic heterocycles. The molecular weight excluding hydrogens is 240 g/mol. The number of anilines is 1. The highest BCUT2D eigenvalue weighted by Gasteiger charge is 2.25. The van der Waals surface area contributed by atoms with Crippen molar-refractivity contribution in [2.75, 3.05) is 11.9 Å². The summed E-state index contributed by atoms with van der Waals surface area (Å²) in [5.74, 6) is 1.22. The van der Waals surface area contributed by atoms with Crippen LogP contribution in [0.3, 0.4) is 0 Å². The van der Waals surface area contributed by atoms with Gasteiger partial charge in [-0.05, 0) is 31.4 Å². The molecule has 100 valence electrons. The molecule has 1 aromatic carbocycles. The van der Waals surface area contributed by atoms with E-state index in [-0.39, 0.29) is 12.6 Å². The Morgan fingerprint density at radius 1 is 1.42 bits per heavy atom. The molecule has 3 rings (SSSR count). The molecule has 2 N–H and O–H groups in total. The van der Waals surface area contributed by atoms with Crippen molar-refractivity contribution in [3.63, 3.8) is 0 Å². The second-order valence-corrected chi connectivity index (χ2v) is 5.05. The number of rotatable bonds is 2. The maximum atomic E-state index is 9.18. The Hall–Kier alpha value is -1.88. The quantitative estimate of drug-likeness (QED) is 0.862. The second kappa shape index (κ2) is 4.66. The Morgan fingerprint density at radius 3 is 3.05 bits per heavy atom. The van der Waals surface area contributed by atoms with E-state index in [1.165, 1.54) is 16.7 Å². The molecule has 5 nitrogen and oxygen atoms in total. The first kappa shape index (κ1) is 12.2. The molecule has 0 spiro atoms. The van der Waals surface area contributed by atoms with E-state index < -0.39 is 0 Å². The van der Waals surface area contributed by atoms with Crippen LogP contribution in [-0.4, -0.2) is 26.4 Å². The fourth-order valence-electron chi connectivity index (χ4n) is 2.62. The van der Waals surface area contributed by atoms with Gasteiger partial charge in [-0.2, -0.15) is 10.1 Å². The zero-order chi connectivity index (χ0) is 13.4. The largest absolute Gasteiger partial charge is 0.388 e. The lowest BCUT2D eigenvalue weighted by molar-refractivity contribution is 0.270. The molecule has 19 heavy (non-hydrogen) atoms. The summed E-state index contributed by atoms with van der Waals surface area (Å²) in [6.07, 6.45) is 0.978. The molecule has 0 radical (unpaired) electrons. The summed E-state index contributed by atoms with van der Waals surface area (Å²) in [5.41, 5.74) is 3.81. The molecule has 2 heterocycles. The minimum Gasteiger partial charge on any atom is -0.388 e. The van der Waals surface area contributed by atoms with Crippen LogP contribution in [-0.2, 0) is 6.61 Å². The second-order valence-electron chi connectivity index (χ2n) is 5.05. The third-order valence-electron chi connectivity index (χ3n) is 3.61. The fourth-order valence-corrected chi connectivity index (χ4v) is 2.62. The van der Waals surface area contributed by atoms with Gasteiger partial charge < -0.3 is 10.4 Å². The number of aliphatic hydroxyl groups excluding tert-OH is 1. The van der Waals surface area contributed by atoms with E-state index in [1.54, 1.807) is 0 Å². The number of hydrogen-bond donors (Lipinski definition) is 2. The van der Waals surface area contributed by atoms with Crippen LogP contribution < -0.4 is 5.32 Å². The first-order valence-electron chi connectivity index (χ1n) is 6.56. The van der Waals surface area contributed by atoms with Crippen molar-refractivity contribution in [3.8, 4) is 0 Å². The smallest absolute Gasteiger partial charge is 0.222 e. The molecule has 1 aromatic heterocycles. The molecule has 1 atom stereocenters. The lowest BCUT2D eigenvalue weighted by atomic mass is 9.96. The Labute approximate surface area is 112 Å². The highest BCUT2D eigenvalue weighted by Crippen LogP contribution is 2.30. The van der Waals surface area contributed by atoms with Gasteiger partial charge in [-0.25, -0.2) is 4.68 Å². The van der Waals surface area contributed by atoms with E-state index in [2.05, 4.69) is 47.4 Å². The number of nitrogens with zero attached hydrogens (tertiary/aromatic N) is 3. The number of benzene rings is 1. The standard InChI is InChI=1S/C14H18N4O/c1-9-3-4-10(2)11(7-9)12-5-6-15-14-16-13(8-19)17-18(12)14/h3-4,7,12,19H,5-6,8H2,1-2H3,(H,15,16,17). The van der Waals surface area contributed by atoms with Gasteiger partial charge in [0, 0.05) is 6.54 Å². The first-order valence-corrected chi connectivity index (χ1v) is 6.56. The van der Waals surface area contributed by atoms with Gasteiger partial charge >= 0.3 is 0 Å². The summed E-state index contributed by atoms with van der Waals surface area (Å²) >= 11 is 0. The van der Waals surface area contributed by atoms with Crippen LogP contribution in [0.15, 0.2) is 18.2 Å². The van der Waals surface area contributed by atoms with Crippen LogP contribution in [0.4, 0.5) is 5.95 Å². The first-order chi connectivity index (χ1) is 9.19. The van der Waals surface area contributed by atoms with Crippen molar-refractivity contribution in [3.05, 3.63) is 40.7 Å². The van der Waals surface area contributed by atoms with Crippen LogP contribution in [0.2, 0.25) is 0 Å². The van der Waals surface area contributed by atoms with E-state index >= 15 is 0 Å². The highest BCUT2D eigenvalue weighted by molar-refractivity contribution is 5.38. The normalized spacial score (nSPS) is 17.9. The number of aliphatic hydroxyl groups is 1. The predicted octanol–water partition coefficient (Wildman–Crippen LogP) is 1.79. The van der Waals surface area contributed by atoms with Crippen LogP contribution in [0, 0.1) is 13.8 Å². The van der Waals surface area contributed by atoms with Crippen molar-refractivity contribution < 1.29 is 5.11 Å². The van der Waals surface area contributed by atoms with Gasteiger partial charge in [0.2, 0.25) is 5.95 Å². The van der Waals surface area contributed by atoms with Crippen molar-refractivity contribution in [1.82, 2.24) is 14.8 Å². The van der Waals surface area contributed by atoms with Crippen molar-refractivity contribution >= 4 is 5.95 Å². The molecule has 0 aliphatic carbocycles. The van der Waals surface area contributed by atoms with E-state index in [4.69, 9.17) is 0 Å². The van der Waals surface area contributed by atoms with E-state index in [1.807, 2.05) is 4.68 Å². The average molecular weight is 258 g/mol. The van der Waals surface area contributed by atoms with Gasteiger partial charge in [-0.1, -0.05) is 23.8 Å². The van der Waals surface area contributed by atoms with Crippen LogP contribution in [0.1, 0.15) is 35.0 Å². The summed E-state index contributed by atoms with van der Waals surface area (Å²) in [6.45, 7) is 4.98. The monoisotopic (exact) mass is 258 g/mol. The highest BCUT2D eigenvalue weighted by atomic mass is 16.3. The fraction of sp³-hybridized carbons (Fsp3) is 0.429. The van der Waals surface area contributed by atoms with Gasteiger partial charge in [0.1, 0.15) is 6.61 Å². The maximum Gasteiger partial charge on any atom is 0.222 e. The van der Waals surface area contributed by atoms with Crippen LogP contribution in [0.25, 0.3) is 0 Å². The molecule has 1 aliphatic rings. The third kappa shape index (κ3) is 2.10. The zero-order valence-corrected chi connectivity index (χ0v) is 11.2. The summed E-state index contributed by atoms with van der Waals surface area (Å²) in [5, 5.41) is 16.8. The summed E-state index contributed by atoms with van der Waals surface area (Å²) in [6, 6.07) is 6.69. The van der Waals surface area contributed by atoms with E-state index in [0.29, 0.717) is 5.82 Å². The molecule has 0 saturated carbocycles. The van der Waals surface area contributed by atoms with E-state index in [0.717, 1.165) is 18.9 Å². The van der Waals surface area contributed by atoms with Crippen molar-refractivity contribution in [1.29, 1.82) is 0 Å². The molecule has 0 saturated heterocycles. The van der Waals surface area contributed by atoms with Gasteiger partial charge in [0.25, 0.3) is 0 Å². The summed E-state index contributed by atoms with van der Waals surface area (Å²) in [4.78, 5) is 4.29. The van der Waals surface area contributed by atoms with Gasteiger partial charge in [0.15, 0.2) is 5.82 Å². The Kier molecular flexibility index (Phi) is 2.98. The molecule has 0 amide bonds. The Morgan fingerprint density at radius 2 is 2.26 bits per heavy atom. The lowest BCUT2D eigenvalue weighted by Crippen LogP contribution is -2.25. The Bertz CT molecular complexity index is 605. The molecule has 5 heteroatoms. The van der Waals surface area contributed by atoms with E-state index in [9.17, 15) is 5.11 Å².